The standard InChI is InChI=1S/C16H24N4/c1-19-15-8-4-3-7-14(15)18-16(19)13-17-9-12-20-10-5-2-6-11-20/h3-4,7-8,17H,2,5-6,9-13H2,1H3. The highest BCUT2D eigenvalue weighted by atomic mass is 15.1. The van der Waals surface area contributed by atoms with Gasteiger partial charge < -0.3 is 14.8 Å². The zero-order valence-corrected chi connectivity index (χ0v) is 12.3. The van der Waals surface area contributed by atoms with Gasteiger partial charge in [0, 0.05) is 20.1 Å². The largest absolute Gasteiger partial charge is 0.330 e. The summed E-state index contributed by atoms with van der Waals surface area (Å²) < 4.78 is 2.18. The van der Waals surface area contributed by atoms with E-state index < -0.39 is 0 Å². The lowest BCUT2D eigenvalue weighted by atomic mass is 10.1. The van der Waals surface area contributed by atoms with Gasteiger partial charge in [-0.2, -0.15) is 0 Å². The molecule has 2 aromatic rings. The van der Waals surface area contributed by atoms with Crippen LogP contribution in [-0.4, -0.2) is 40.6 Å². The van der Waals surface area contributed by atoms with Gasteiger partial charge in [-0.25, -0.2) is 4.98 Å². The van der Waals surface area contributed by atoms with Crippen LogP contribution in [0.15, 0.2) is 24.3 Å². The minimum absolute atomic E-state index is 0.846. The molecule has 4 nitrogen and oxygen atoms in total. The third kappa shape index (κ3) is 3.02. The third-order valence-corrected chi connectivity index (χ3v) is 4.22. The summed E-state index contributed by atoms with van der Waals surface area (Å²) in [5, 5.41) is 3.53. The Balaban J connectivity index is 1.51. The van der Waals surface area contributed by atoms with Gasteiger partial charge in [0.05, 0.1) is 17.6 Å². The number of para-hydroxylation sites is 2. The van der Waals surface area contributed by atoms with Crippen LogP contribution < -0.4 is 5.32 Å². The van der Waals surface area contributed by atoms with Gasteiger partial charge in [0.15, 0.2) is 0 Å². The Morgan fingerprint density at radius 1 is 1.15 bits per heavy atom. The van der Waals surface area contributed by atoms with Crippen molar-refractivity contribution < 1.29 is 0 Å². The summed E-state index contributed by atoms with van der Waals surface area (Å²) in [7, 11) is 2.09. The highest BCUT2D eigenvalue weighted by Gasteiger charge is 2.10. The van der Waals surface area contributed by atoms with Crippen LogP contribution in [-0.2, 0) is 13.6 Å². The predicted molar refractivity (Wildman–Crippen MR) is 82.7 cm³/mol. The molecule has 1 aliphatic rings. The molecule has 3 rings (SSSR count). The summed E-state index contributed by atoms with van der Waals surface area (Å²) in [6.07, 6.45) is 4.14. The molecule has 2 heterocycles. The second-order valence-corrected chi connectivity index (χ2v) is 5.65. The van der Waals surface area contributed by atoms with Crippen molar-refractivity contribution in [3.05, 3.63) is 30.1 Å². The number of piperidine rings is 1. The van der Waals surface area contributed by atoms with Crippen molar-refractivity contribution in [2.45, 2.75) is 25.8 Å². The normalized spacial score (nSPS) is 16.9. The zero-order chi connectivity index (χ0) is 13.8. The zero-order valence-electron chi connectivity index (χ0n) is 12.3. The van der Waals surface area contributed by atoms with Crippen molar-refractivity contribution in [3.63, 3.8) is 0 Å². The number of nitrogens with zero attached hydrogens (tertiary/aromatic N) is 3. The summed E-state index contributed by atoms with van der Waals surface area (Å²) in [4.78, 5) is 7.24. The Morgan fingerprint density at radius 3 is 2.75 bits per heavy atom. The number of nitrogens with one attached hydrogen (secondary N) is 1. The molecule has 1 aromatic heterocycles. The van der Waals surface area contributed by atoms with E-state index in [1.807, 2.05) is 6.07 Å². The van der Waals surface area contributed by atoms with E-state index in [1.54, 1.807) is 0 Å². The molecule has 20 heavy (non-hydrogen) atoms. The smallest absolute Gasteiger partial charge is 0.123 e. The maximum Gasteiger partial charge on any atom is 0.123 e. The Bertz CT molecular complexity index is 555. The van der Waals surface area contributed by atoms with E-state index in [1.165, 1.54) is 37.9 Å². The molecule has 0 amide bonds. The number of aromatic nitrogens is 2. The molecule has 1 saturated heterocycles. The van der Waals surface area contributed by atoms with Crippen LogP contribution in [0.5, 0.6) is 0 Å². The van der Waals surface area contributed by atoms with Crippen LogP contribution in [0.25, 0.3) is 11.0 Å². The number of benzene rings is 1. The summed E-state index contributed by atoms with van der Waals surface area (Å²) in [5.41, 5.74) is 2.29. The first-order valence-corrected chi connectivity index (χ1v) is 7.68. The molecule has 0 atom stereocenters. The van der Waals surface area contributed by atoms with Gasteiger partial charge in [-0.3, -0.25) is 0 Å². The van der Waals surface area contributed by atoms with Crippen molar-refractivity contribution in [2.75, 3.05) is 26.2 Å². The van der Waals surface area contributed by atoms with E-state index in [2.05, 4.69) is 45.0 Å². The van der Waals surface area contributed by atoms with Crippen molar-refractivity contribution >= 4 is 11.0 Å². The average Bonchev–Trinajstić information content (AvgIpc) is 2.82. The topological polar surface area (TPSA) is 33.1 Å². The minimum Gasteiger partial charge on any atom is -0.330 e. The van der Waals surface area contributed by atoms with Gasteiger partial charge >= 0.3 is 0 Å². The van der Waals surface area contributed by atoms with Crippen LogP contribution in [0.2, 0.25) is 0 Å². The first kappa shape index (κ1) is 13.6. The van der Waals surface area contributed by atoms with E-state index in [4.69, 9.17) is 0 Å². The molecule has 108 valence electrons. The molecule has 4 heteroatoms. The predicted octanol–water partition coefficient (Wildman–Crippen LogP) is 2.15. The molecular weight excluding hydrogens is 248 g/mol. The number of rotatable bonds is 5. The highest BCUT2D eigenvalue weighted by molar-refractivity contribution is 5.75. The van der Waals surface area contributed by atoms with Gasteiger partial charge in [0.2, 0.25) is 0 Å². The van der Waals surface area contributed by atoms with Gasteiger partial charge in [-0.05, 0) is 38.1 Å². The van der Waals surface area contributed by atoms with E-state index in [9.17, 15) is 0 Å². The second kappa shape index (κ2) is 6.37. The van der Waals surface area contributed by atoms with Crippen molar-refractivity contribution in [3.8, 4) is 0 Å². The molecule has 1 fully saturated rings. The molecule has 0 unspecified atom stereocenters. The number of hydrogen-bond donors (Lipinski definition) is 1. The molecule has 0 saturated carbocycles. The Morgan fingerprint density at radius 2 is 1.95 bits per heavy atom. The summed E-state index contributed by atoms with van der Waals surface area (Å²) in [5.74, 6) is 1.12. The maximum atomic E-state index is 4.68. The lowest BCUT2D eigenvalue weighted by molar-refractivity contribution is 0.228. The van der Waals surface area contributed by atoms with E-state index in [-0.39, 0.29) is 0 Å². The lowest BCUT2D eigenvalue weighted by Crippen LogP contribution is -2.35. The molecule has 1 aromatic carbocycles. The van der Waals surface area contributed by atoms with Crippen molar-refractivity contribution in [1.82, 2.24) is 19.8 Å². The second-order valence-electron chi connectivity index (χ2n) is 5.65. The van der Waals surface area contributed by atoms with Crippen LogP contribution in [0.1, 0.15) is 25.1 Å². The molecular formula is C16H24N4. The Kier molecular flexibility index (Phi) is 4.33. The van der Waals surface area contributed by atoms with E-state index in [0.29, 0.717) is 0 Å². The lowest BCUT2D eigenvalue weighted by Gasteiger charge is -2.26. The SMILES string of the molecule is Cn1c(CNCCN2CCCCC2)nc2ccccc21. The number of aryl methyl sites for hydroxylation is 1. The summed E-state index contributed by atoms with van der Waals surface area (Å²) >= 11 is 0. The number of imidazole rings is 1. The van der Waals surface area contributed by atoms with Crippen LogP contribution in [0, 0.1) is 0 Å². The Hall–Kier alpha value is -1.39. The van der Waals surface area contributed by atoms with Gasteiger partial charge in [-0.15, -0.1) is 0 Å². The maximum absolute atomic E-state index is 4.68. The van der Waals surface area contributed by atoms with Gasteiger partial charge in [0.1, 0.15) is 5.82 Å². The molecule has 0 aliphatic carbocycles. The fourth-order valence-electron chi connectivity index (χ4n) is 2.97. The molecule has 1 aliphatic heterocycles. The van der Waals surface area contributed by atoms with E-state index in [0.717, 1.165) is 31.0 Å². The fraction of sp³-hybridized carbons (Fsp3) is 0.562. The quantitative estimate of drug-likeness (QED) is 0.847. The van der Waals surface area contributed by atoms with Crippen LogP contribution in [0.3, 0.4) is 0 Å². The summed E-state index contributed by atoms with van der Waals surface area (Å²) in [6.45, 7) is 5.59. The molecule has 0 radical (unpaired) electrons. The van der Waals surface area contributed by atoms with Crippen molar-refractivity contribution in [2.24, 2.45) is 7.05 Å². The van der Waals surface area contributed by atoms with Gasteiger partial charge in [0.25, 0.3) is 0 Å². The Labute approximate surface area is 120 Å². The number of hydrogen-bond acceptors (Lipinski definition) is 3. The first-order valence-electron chi connectivity index (χ1n) is 7.68. The van der Waals surface area contributed by atoms with Crippen LogP contribution in [0.4, 0.5) is 0 Å². The van der Waals surface area contributed by atoms with Gasteiger partial charge in [-0.1, -0.05) is 18.6 Å². The number of likely N-dealkylation sites (tertiary alicyclic amines) is 1. The minimum atomic E-state index is 0.846. The molecule has 0 bridgehead atoms. The third-order valence-electron chi connectivity index (χ3n) is 4.22. The highest BCUT2D eigenvalue weighted by Crippen LogP contribution is 2.13. The summed E-state index contributed by atoms with van der Waals surface area (Å²) in [6, 6.07) is 8.31. The first-order chi connectivity index (χ1) is 9.84. The molecule has 0 spiro atoms. The average molecular weight is 272 g/mol. The molecule has 1 N–H and O–H groups in total. The monoisotopic (exact) mass is 272 g/mol. The van der Waals surface area contributed by atoms with Crippen molar-refractivity contribution in [1.29, 1.82) is 0 Å². The fourth-order valence-corrected chi connectivity index (χ4v) is 2.97. The van der Waals surface area contributed by atoms with E-state index >= 15 is 0 Å². The van der Waals surface area contributed by atoms with Crippen LogP contribution >= 0.6 is 0 Å². The number of fused-ring (bicyclic) bond motifs is 1.